The first-order chi connectivity index (χ1) is 10.2. The molecule has 1 aromatic heterocycles. The SMILES string of the molecule is Cc1ncsc1CCN(C)C1CCOC2(CCOCC2)C1. The van der Waals surface area contributed by atoms with Crippen LogP contribution in [0.25, 0.3) is 0 Å². The minimum absolute atomic E-state index is 0.0931. The average molecular weight is 310 g/mol. The number of ether oxygens (including phenoxy) is 2. The van der Waals surface area contributed by atoms with Gasteiger partial charge in [-0.05, 0) is 46.1 Å². The molecule has 2 aliphatic heterocycles. The molecule has 1 atom stereocenters. The minimum Gasteiger partial charge on any atom is -0.381 e. The Hall–Kier alpha value is -0.490. The van der Waals surface area contributed by atoms with Crippen LogP contribution in [0.4, 0.5) is 0 Å². The van der Waals surface area contributed by atoms with E-state index in [1.54, 1.807) is 11.3 Å². The highest BCUT2D eigenvalue weighted by atomic mass is 32.1. The van der Waals surface area contributed by atoms with E-state index in [1.807, 2.05) is 5.51 Å². The van der Waals surface area contributed by atoms with Gasteiger partial charge in [0.25, 0.3) is 0 Å². The van der Waals surface area contributed by atoms with Crippen molar-refractivity contribution in [3.63, 3.8) is 0 Å². The summed E-state index contributed by atoms with van der Waals surface area (Å²) in [6.07, 6.45) is 5.55. The first-order valence-corrected chi connectivity index (χ1v) is 8.87. The normalized spacial score (nSPS) is 25.6. The maximum atomic E-state index is 6.14. The molecule has 3 heterocycles. The maximum absolute atomic E-state index is 6.14. The quantitative estimate of drug-likeness (QED) is 0.856. The van der Waals surface area contributed by atoms with E-state index < -0.39 is 0 Å². The van der Waals surface area contributed by atoms with Crippen LogP contribution >= 0.6 is 11.3 Å². The Labute approximate surface area is 131 Å². The smallest absolute Gasteiger partial charge is 0.0797 e. The molecular formula is C16H26N2O2S. The van der Waals surface area contributed by atoms with Gasteiger partial charge in [0.05, 0.1) is 16.8 Å². The third kappa shape index (κ3) is 3.65. The lowest BCUT2D eigenvalue weighted by molar-refractivity contribution is -0.149. The van der Waals surface area contributed by atoms with Gasteiger partial charge in [0.2, 0.25) is 0 Å². The third-order valence-corrected chi connectivity index (χ3v) is 6.03. The van der Waals surface area contributed by atoms with Gasteiger partial charge in [-0.25, -0.2) is 4.98 Å². The summed E-state index contributed by atoms with van der Waals surface area (Å²) in [5.74, 6) is 0. The number of aryl methyl sites for hydroxylation is 1. The molecule has 118 valence electrons. The van der Waals surface area contributed by atoms with Crippen molar-refractivity contribution in [1.82, 2.24) is 9.88 Å². The lowest BCUT2D eigenvalue weighted by Gasteiger charge is -2.45. The summed E-state index contributed by atoms with van der Waals surface area (Å²) in [4.78, 5) is 8.29. The average Bonchev–Trinajstić information content (AvgIpc) is 2.91. The van der Waals surface area contributed by atoms with Crippen molar-refractivity contribution in [1.29, 1.82) is 0 Å². The van der Waals surface area contributed by atoms with E-state index >= 15 is 0 Å². The highest BCUT2D eigenvalue weighted by Gasteiger charge is 2.39. The predicted molar refractivity (Wildman–Crippen MR) is 84.9 cm³/mol. The van der Waals surface area contributed by atoms with Crippen molar-refractivity contribution < 1.29 is 9.47 Å². The largest absolute Gasteiger partial charge is 0.381 e. The summed E-state index contributed by atoms with van der Waals surface area (Å²) in [5.41, 5.74) is 3.24. The lowest BCUT2D eigenvalue weighted by Crippen LogP contribution is -2.50. The molecule has 1 aromatic rings. The fourth-order valence-corrected chi connectivity index (χ4v) is 4.27. The van der Waals surface area contributed by atoms with Crippen LogP contribution in [0, 0.1) is 6.92 Å². The fourth-order valence-electron chi connectivity index (χ4n) is 3.50. The molecule has 2 aliphatic rings. The van der Waals surface area contributed by atoms with Gasteiger partial charge in [0, 0.05) is 37.3 Å². The second-order valence-corrected chi connectivity index (χ2v) is 7.32. The van der Waals surface area contributed by atoms with Crippen molar-refractivity contribution in [2.45, 2.75) is 50.7 Å². The zero-order valence-electron chi connectivity index (χ0n) is 13.1. The molecule has 0 radical (unpaired) electrons. The van der Waals surface area contributed by atoms with Gasteiger partial charge in [-0.2, -0.15) is 0 Å². The standard InChI is InChI=1S/C16H26N2O2S/c1-13-15(21-12-17-13)3-7-18(2)14-4-8-20-16(11-14)5-9-19-10-6-16/h12,14H,3-11H2,1-2H3. The van der Waals surface area contributed by atoms with Crippen LogP contribution < -0.4 is 0 Å². The summed E-state index contributed by atoms with van der Waals surface area (Å²) in [5, 5.41) is 0. The number of nitrogens with zero attached hydrogens (tertiary/aromatic N) is 2. The Morgan fingerprint density at radius 1 is 1.38 bits per heavy atom. The summed E-state index contributed by atoms with van der Waals surface area (Å²) in [7, 11) is 2.26. The summed E-state index contributed by atoms with van der Waals surface area (Å²) in [6.45, 7) is 5.83. The molecule has 2 saturated heterocycles. The Balaban J connectivity index is 1.54. The van der Waals surface area contributed by atoms with E-state index in [1.165, 1.54) is 10.6 Å². The first kappa shape index (κ1) is 15.4. The van der Waals surface area contributed by atoms with Crippen LogP contribution in [0.15, 0.2) is 5.51 Å². The number of rotatable bonds is 4. The van der Waals surface area contributed by atoms with Crippen LogP contribution in [0.1, 0.15) is 36.3 Å². The van der Waals surface area contributed by atoms with Crippen LogP contribution in [-0.2, 0) is 15.9 Å². The van der Waals surface area contributed by atoms with Gasteiger partial charge < -0.3 is 14.4 Å². The van der Waals surface area contributed by atoms with Crippen LogP contribution in [-0.4, -0.2) is 54.9 Å². The molecule has 0 N–H and O–H groups in total. The van der Waals surface area contributed by atoms with Crippen LogP contribution in [0.5, 0.6) is 0 Å². The van der Waals surface area contributed by atoms with Gasteiger partial charge in [0.15, 0.2) is 0 Å². The Morgan fingerprint density at radius 2 is 2.19 bits per heavy atom. The molecule has 4 nitrogen and oxygen atoms in total. The van der Waals surface area contributed by atoms with E-state index in [0.717, 1.165) is 58.5 Å². The third-order valence-electron chi connectivity index (χ3n) is 5.03. The molecule has 2 fully saturated rings. The lowest BCUT2D eigenvalue weighted by atomic mass is 9.83. The van der Waals surface area contributed by atoms with Crippen molar-refractivity contribution in [2.24, 2.45) is 0 Å². The molecule has 0 aromatic carbocycles. The van der Waals surface area contributed by atoms with E-state index in [9.17, 15) is 0 Å². The van der Waals surface area contributed by atoms with Gasteiger partial charge in [-0.3, -0.25) is 0 Å². The van der Waals surface area contributed by atoms with Gasteiger partial charge in [-0.15, -0.1) is 11.3 Å². The molecule has 0 amide bonds. The monoisotopic (exact) mass is 310 g/mol. The minimum atomic E-state index is 0.0931. The molecule has 5 heteroatoms. The van der Waals surface area contributed by atoms with E-state index in [4.69, 9.17) is 9.47 Å². The number of hydrogen-bond donors (Lipinski definition) is 0. The molecule has 3 rings (SSSR count). The van der Waals surface area contributed by atoms with Gasteiger partial charge in [-0.1, -0.05) is 0 Å². The maximum Gasteiger partial charge on any atom is 0.0797 e. The van der Waals surface area contributed by atoms with Crippen LogP contribution in [0.3, 0.4) is 0 Å². The number of hydrogen-bond acceptors (Lipinski definition) is 5. The zero-order valence-corrected chi connectivity index (χ0v) is 14.0. The molecule has 1 spiro atoms. The number of thiazole rings is 1. The molecule has 21 heavy (non-hydrogen) atoms. The predicted octanol–water partition coefficient (Wildman–Crippen LogP) is 2.65. The number of aromatic nitrogens is 1. The van der Waals surface area contributed by atoms with Crippen LogP contribution in [0.2, 0.25) is 0 Å². The fraction of sp³-hybridized carbons (Fsp3) is 0.812. The second-order valence-electron chi connectivity index (χ2n) is 6.38. The van der Waals surface area contributed by atoms with E-state index in [2.05, 4.69) is 23.9 Å². The van der Waals surface area contributed by atoms with E-state index in [0.29, 0.717) is 6.04 Å². The van der Waals surface area contributed by atoms with Crippen molar-refractivity contribution in [3.05, 3.63) is 16.1 Å². The van der Waals surface area contributed by atoms with Crippen molar-refractivity contribution in [2.75, 3.05) is 33.4 Å². The Kier molecular flexibility index (Phi) is 4.94. The Bertz CT molecular complexity index is 451. The van der Waals surface area contributed by atoms with Crippen molar-refractivity contribution >= 4 is 11.3 Å². The second kappa shape index (κ2) is 6.73. The van der Waals surface area contributed by atoms with E-state index in [-0.39, 0.29) is 5.60 Å². The summed E-state index contributed by atoms with van der Waals surface area (Å²) in [6, 6.07) is 0.644. The zero-order chi connectivity index (χ0) is 14.7. The highest BCUT2D eigenvalue weighted by Crippen LogP contribution is 2.35. The molecule has 0 saturated carbocycles. The Morgan fingerprint density at radius 3 is 2.90 bits per heavy atom. The highest BCUT2D eigenvalue weighted by molar-refractivity contribution is 7.09. The molecule has 0 aliphatic carbocycles. The molecule has 0 bridgehead atoms. The molecule has 1 unspecified atom stereocenters. The van der Waals surface area contributed by atoms with Gasteiger partial charge >= 0.3 is 0 Å². The van der Waals surface area contributed by atoms with Crippen molar-refractivity contribution in [3.8, 4) is 0 Å². The topological polar surface area (TPSA) is 34.6 Å². The summed E-state index contributed by atoms with van der Waals surface area (Å²) >= 11 is 1.78. The number of likely N-dealkylation sites (N-methyl/N-ethyl adjacent to an activating group) is 1. The van der Waals surface area contributed by atoms with Gasteiger partial charge in [0.1, 0.15) is 0 Å². The summed E-state index contributed by atoms with van der Waals surface area (Å²) < 4.78 is 11.6. The molecular weight excluding hydrogens is 284 g/mol. The first-order valence-electron chi connectivity index (χ1n) is 7.99.